The summed E-state index contributed by atoms with van der Waals surface area (Å²) in [6.45, 7) is 3.67. The number of carbonyl (C=O) groups excluding carboxylic acids is 2. The molecule has 1 fully saturated rings. The van der Waals surface area contributed by atoms with Crippen molar-refractivity contribution in [3.63, 3.8) is 0 Å². The highest BCUT2D eigenvalue weighted by molar-refractivity contribution is 6.03. The number of hydrogen-bond donors (Lipinski definition) is 0. The summed E-state index contributed by atoms with van der Waals surface area (Å²) in [5, 5.41) is 4.28. The van der Waals surface area contributed by atoms with E-state index in [1.165, 1.54) is 11.8 Å². The lowest BCUT2D eigenvalue weighted by atomic mass is 9.89. The number of ketones is 1. The highest BCUT2D eigenvalue weighted by atomic mass is 16.7. The molecule has 0 radical (unpaired) electrons. The van der Waals surface area contributed by atoms with Crippen LogP contribution in [0.25, 0.3) is 0 Å². The molecule has 1 saturated heterocycles. The lowest BCUT2D eigenvalue weighted by molar-refractivity contribution is -0.230. The predicted molar refractivity (Wildman–Crippen MR) is 84.8 cm³/mol. The smallest absolute Gasteiger partial charge is 0.256 e. The van der Waals surface area contributed by atoms with E-state index in [4.69, 9.17) is 9.47 Å². The van der Waals surface area contributed by atoms with E-state index in [0.717, 1.165) is 11.4 Å². The highest BCUT2D eigenvalue weighted by Crippen LogP contribution is 2.50. The Morgan fingerprint density at radius 2 is 2.12 bits per heavy atom. The monoisotopic (exact) mass is 326 g/mol. The quantitative estimate of drug-likeness (QED) is 0.846. The molecule has 6 heteroatoms. The van der Waals surface area contributed by atoms with Gasteiger partial charge in [-0.3, -0.25) is 9.59 Å². The number of fused-ring (bicyclic) bond motifs is 4. The van der Waals surface area contributed by atoms with E-state index in [9.17, 15) is 9.59 Å². The zero-order valence-corrected chi connectivity index (χ0v) is 13.8. The van der Waals surface area contributed by atoms with E-state index < -0.39 is 17.8 Å². The van der Waals surface area contributed by atoms with Gasteiger partial charge in [0.1, 0.15) is 12.0 Å². The van der Waals surface area contributed by atoms with E-state index in [0.29, 0.717) is 17.5 Å². The average Bonchev–Trinajstić information content (AvgIpc) is 3.11. The van der Waals surface area contributed by atoms with Gasteiger partial charge in [0, 0.05) is 23.9 Å². The third-order valence-corrected chi connectivity index (χ3v) is 4.91. The van der Waals surface area contributed by atoms with Crippen LogP contribution >= 0.6 is 0 Å². The van der Waals surface area contributed by atoms with Crippen LogP contribution in [0.1, 0.15) is 38.5 Å². The van der Waals surface area contributed by atoms with E-state index in [1.54, 1.807) is 12.1 Å². The number of benzene rings is 1. The largest absolute Gasteiger partial charge is 0.349 e. The van der Waals surface area contributed by atoms with Crippen molar-refractivity contribution < 1.29 is 19.1 Å². The van der Waals surface area contributed by atoms with Crippen molar-refractivity contribution >= 4 is 11.7 Å². The van der Waals surface area contributed by atoms with Gasteiger partial charge in [-0.25, -0.2) is 4.68 Å². The molecule has 24 heavy (non-hydrogen) atoms. The molecule has 0 N–H and O–H groups in total. The van der Waals surface area contributed by atoms with E-state index in [1.807, 2.05) is 32.0 Å². The molecule has 3 heterocycles. The molecule has 0 saturated carbocycles. The first-order valence-corrected chi connectivity index (χ1v) is 7.92. The second-order valence-electron chi connectivity index (χ2n) is 6.35. The van der Waals surface area contributed by atoms with Crippen molar-refractivity contribution in [2.75, 3.05) is 7.11 Å². The minimum Gasteiger partial charge on any atom is -0.349 e. The number of aromatic nitrogens is 2. The molecule has 4 rings (SSSR count). The summed E-state index contributed by atoms with van der Waals surface area (Å²) in [6, 6.07) is 9.03. The lowest BCUT2D eigenvalue weighted by Crippen LogP contribution is -2.44. The third kappa shape index (κ3) is 1.87. The minimum absolute atomic E-state index is 0.0954. The minimum atomic E-state index is -1.24. The summed E-state index contributed by atoms with van der Waals surface area (Å²) in [6.07, 6.45) is -0.371. The first-order valence-electron chi connectivity index (χ1n) is 7.92. The van der Waals surface area contributed by atoms with Crippen LogP contribution in [0.5, 0.6) is 0 Å². The van der Waals surface area contributed by atoms with Crippen molar-refractivity contribution in [1.82, 2.24) is 9.78 Å². The molecule has 2 aliphatic rings. The van der Waals surface area contributed by atoms with Gasteiger partial charge in [-0.15, -0.1) is 0 Å². The van der Waals surface area contributed by atoms with E-state index in [-0.39, 0.29) is 11.7 Å². The lowest BCUT2D eigenvalue weighted by Gasteiger charge is -2.36. The SMILES string of the molecule is CO[C@]12O[C@H](C[C@@H]1C(=O)n1nc(C)cc1C)C(=O)c1ccccc12. The number of hydrogen-bond acceptors (Lipinski definition) is 5. The van der Waals surface area contributed by atoms with Crippen LogP contribution in [0.4, 0.5) is 0 Å². The summed E-state index contributed by atoms with van der Waals surface area (Å²) in [7, 11) is 1.51. The number of carbonyl (C=O) groups is 2. The van der Waals surface area contributed by atoms with Gasteiger partial charge in [0.2, 0.25) is 5.79 Å². The number of aryl methyl sites for hydroxylation is 2. The summed E-state index contributed by atoms with van der Waals surface area (Å²) >= 11 is 0. The van der Waals surface area contributed by atoms with Gasteiger partial charge >= 0.3 is 0 Å². The van der Waals surface area contributed by atoms with Crippen molar-refractivity contribution in [1.29, 1.82) is 0 Å². The molecule has 124 valence electrons. The number of ether oxygens (including phenoxy) is 2. The summed E-state index contributed by atoms with van der Waals surface area (Å²) in [5.74, 6) is -2.17. The molecule has 2 aromatic rings. The second kappa shape index (κ2) is 5.09. The van der Waals surface area contributed by atoms with Crippen molar-refractivity contribution in [2.24, 2.45) is 5.92 Å². The first-order chi connectivity index (χ1) is 11.5. The number of Topliss-reactive ketones (excluding diaryl/α,β-unsaturated/α-hetero) is 1. The molecule has 0 amide bonds. The van der Waals surface area contributed by atoms with Crippen LogP contribution in [0, 0.1) is 19.8 Å². The van der Waals surface area contributed by atoms with Crippen LogP contribution in [0.3, 0.4) is 0 Å². The Morgan fingerprint density at radius 3 is 2.79 bits per heavy atom. The summed E-state index contributed by atoms with van der Waals surface area (Å²) < 4.78 is 13.0. The highest BCUT2D eigenvalue weighted by Gasteiger charge is 2.60. The Hall–Kier alpha value is -2.31. The molecular weight excluding hydrogens is 308 g/mol. The Morgan fingerprint density at radius 1 is 1.38 bits per heavy atom. The molecule has 2 bridgehead atoms. The molecule has 1 aromatic carbocycles. The van der Waals surface area contributed by atoms with Crippen LogP contribution in [0.15, 0.2) is 30.3 Å². The van der Waals surface area contributed by atoms with Gasteiger partial charge in [0.25, 0.3) is 5.91 Å². The van der Waals surface area contributed by atoms with E-state index >= 15 is 0 Å². The maximum absolute atomic E-state index is 13.1. The van der Waals surface area contributed by atoms with Crippen molar-refractivity contribution in [2.45, 2.75) is 32.2 Å². The van der Waals surface area contributed by atoms with Crippen molar-refractivity contribution in [3.8, 4) is 0 Å². The predicted octanol–water partition coefficient (Wildman–Crippen LogP) is 2.24. The molecule has 6 nitrogen and oxygen atoms in total. The van der Waals surface area contributed by atoms with Gasteiger partial charge in [-0.2, -0.15) is 5.10 Å². The van der Waals surface area contributed by atoms with Gasteiger partial charge in [-0.1, -0.05) is 24.3 Å². The van der Waals surface area contributed by atoms with Crippen LogP contribution in [-0.2, 0) is 15.3 Å². The van der Waals surface area contributed by atoms with Crippen LogP contribution < -0.4 is 0 Å². The first kappa shape index (κ1) is 15.2. The number of rotatable bonds is 2. The van der Waals surface area contributed by atoms with E-state index in [2.05, 4.69) is 5.10 Å². The van der Waals surface area contributed by atoms with Crippen LogP contribution in [0.2, 0.25) is 0 Å². The fourth-order valence-corrected chi connectivity index (χ4v) is 3.86. The summed E-state index contributed by atoms with van der Waals surface area (Å²) in [5.41, 5.74) is 2.71. The van der Waals surface area contributed by atoms with Gasteiger partial charge in [-0.05, 0) is 26.3 Å². The Kier molecular flexibility index (Phi) is 3.23. The Bertz CT molecular complexity index is 856. The maximum Gasteiger partial charge on any atom is 0.256 e. The molecule has 2 aliphatic heterocycles. The second-order valence-corrected chi connectivity index (χ2v) is 6.35. The molecule has 0 aliphatic carbocycles. The number of nitrogens with zero attached hydrogens (tertiary/aromatic N) is 2. The zero-order valence-electron chi connectivity index (χ0n) is 13.8. The normalized spacial score (nSPS) is 28.0. The van der Waals surface area contributed by atoms with Gasteiger partial charge < -0.3 is 9.47 Å². The van der Waals surface area contributed by atoms with Gasteiger partial charge in [0.05, 0.1) is 5.69 Å². The van der Waals surface area contributed by atoms with Crippen LogP contribution in [-0.4, -0.2) is 34.7 Å². The topological polar surface area (TPSA) is 70.4 Å². The molecule has 3 atom stereocenters. The van der Waals surface area contributed by atoms with Crippen molar-refractivity contribution in [3.05, 3.63) is 52.8 Å². The molecule has 0 spiro atoms. The molecular formula is C18H18N2O4. The Labute approximate surface area is 139 Å². The van der Waals surface area contributed by atoms with Gasteiger partial charge in [0.15, 0.2) is 5.78 Å². The molecule has 1 aromatic heterocycles. The number of methoxy groups -OCH3 is 1. The maximum atomic E-state index is 13.1. The standard InChI is InChI=1S/C18H18N2O4/c1-10-8-11(2)20(19-10)17(22)14-9-15-16(21)12-6-4-5-7-13(12)18(14,23-3)24-15/h4-8,14-15H,9H2,1-3H3/t14-,15-,18-/m1/s1. The zero-order chi connectivity index (χ0) is 17.1. The fourth-order valence-electron chi connectivity index (χ4n) is 3.86. The third-order valence-electron chi connectivity index (χ3n) is 4.91. The average molecular weight is 326 g/mol. The Balaban J connectivity index is 1.85. The molecule has 0 unspecified atom stereocenters. The summed E-state index contributed by atoms with van der Waals surface area (Å²) in [4.78, 5) is 25.7. The fraction of sp³-hybridized carbons (Fsp3) is 0.389.